The van der Waals surface area contributed by atoms with Crippen LogP contribution in [0.4, 0.5) is 24.8 Å². The third kappa shape index (κ3) is 5.89. The molecule has 1 saturated heterocycles. The SMILES string of the molecule is C[C@H](CC#N)Nc1cc(C2(c3nncn3C)CCOCC2)cc(N2Cc3c(cc(CNC4(C)CCC4)cc3C(F)(F)F)C2=O)n1. The van der Waals surface area contributed by atoms with E-state index in [1.807, 2.05) is 24.6 Å². The molecule has 1 aliphatic carbocycles. The average Bonchev–Trinajstić information content (AvgIpc) is 3.57. The van der Waals surface area contributed by atoms with E-state index in [1.165, 1.54) is 4.90 Å². The molecule has 238 valence electrons. The maximum absolute atomic E-state index is 14.4. The van der Waals surface area contributed by atoms with Gasteiger partial charge in [-0.15, -0.1) is 10.2 Å². The quantitative estimate of drug-likeness (QED) is 0.333. The number of carbonyl (C=O) groups excluding carboxylic acids is 1. The number of aryl methyl sites for hydroxylation is 1. The van der Waals surface area contributed by atoms with Crippen molar-refractivity contribution in [3.63, 3.8) is 0 Å². The minimum absolute atomic E-state index is 0.0361. The summed E-state index contributed by atoms with van der Waals surface area (Å²) in [5.41, 5.74) is -0.358. The van der Waals surface area contributed by atoms with Gasteiger partial charge in [0.2, 0.25) is 0 Å². The van der Waals surface area contributed by atoms with E-state index in [9.17, 15) is 23.2 Å². The van der Waals surface area contributed by atoms with Gasteiger partial charge in [-0.1, -0.05) is 0 Å². The maximum Gasteiger partial charge on any atom is 0.416 e. The molecule has 2 N–H and O–H groups in total. The van der Waals surface area contributed by atoms with Crippen molar-refractivity contribution in [2.75, 3.05) is 23.4 Å². The first-order valence-corrected chi connectivity index (χ1v) is 15.3. The molecule has 6 rings (SSSR count). The average molecular weight is 623 g/mol. The Balaban J connectivity index is 1.43. The number of hydrogen-bond donors (Lipinski definition) is 2. The molecule has 4 heterocycles. The Labute approximate surface area is 260 Å². The van der Waals surface area contributed by atoms with Crippen molar-refractivity contribution in [3.8, 4) is 6.07 Å². The van der Waals surface area contributed by atoms with Crippen LogP contribution in [0.25, 0.3) is 0 Å². The van der Waals surface area contributed by atoms with Gasteiger partial charge in [0.05, 0.1) is 30.0 Å². The topological polar surface area (TPSA) is 121 Å². The summed E-state index contributed by atoms with van der Waals surface area (Å²) in [7, 11) is 1.86. The summed E-state index contributed by atoms with van der Waals surface area (Å²) in [5.74, 6) is 0.819. The standard InChI is InChI=1S/C32H37F3N8O2/c1-20(5-10-36)39-26-15-22(31(8-11-45-12-9-31)29-41-38-19-42(29)3)16-27(40-26)43-18-24-23(28(43)44)13-21(14-25(24)32(33,34)35)17-37-30(2)6-4-7-30/h13-16,19-20,37H,4-9,11-12,17-18H2,1-3H3,(H,39,40)/t20-/m1/s1. The normalized spacial score (nSPS) is 19.5. The van der Waals surface area contributed by atoms with Crippen molar-refractivity contribution in [1.82, 2.24) is 25.1 Å². The molecule has 0 bridgehead atoms. The molecular weight excluding hydrogens is 585 g/mol. The molecule has 2 fully saturated rings. The fraction of sp³-hybridized carbons (Fsp3) is 0.531. The predicted octanol–water partition coefficient (Wildman–Crippen LogP) is 5.23. The van der Waals surface area contributed by atoms with Gasteiger partial charge in [-0.25, -0.2) is 4.98 Å². The van der Waals surface area contributed by atoms with Gasteiger partial charge in [0, 0.05) is 44.0 Å². The summed E-state index contributed by atoms with van der Waals surface area (Å²) >= 11 is 0. The van der Waals surface area contributed by atoms with Gasteiger partial charge in [0.15, 0.2) is 0 Å². The fourth-order valence-electron chi connectivity index (χ4n) is 6.73. The maximum atomic E-state index is 14.4. The van der Waals surface area contributed by atoms with Crippen molar-refractivity contribution < 1.29 is 22.7 Å². The number of rotatable bonds is 9. The summed E-state index contributed by atoms with van der Waals surface area (Å²) in [6, 6.07) is 8.27. The van der Waals surface area contributed by atoms with Crippen LogP contribution >= 0.6 is 0 Å². The summed E-state index contributed by atoms with van der Waals surface area (Å²) < 4.78 is 50.9. The van der Waals surface area contributed by atoms with E-state index in [1.54, 1.807) is 18.5 Å². The lowest BCUT2D eigenvalue weighted by Crippen LogP contribution is -2.47. The second kappa shape index (κ2) is 11.7. The van der Waals surface area contributed by atoms with Crippen LogP contribution in [-0.2, 0) is 36.5 Å². The van der Waals surface area contributed by atoms with Crippen molar-refractivity contribution in [2.45, 2.75) is 88.6 Å². The number of halogens is 3. The number of fused-ring (bicyclic) bond motifs is 1. The lowest BCUT2D eigenvalue weighted by atomic mass is 9.73. The number of anilines is 2. The van der Waals surface area contributed by atoms with E-state index in [0.717, 1.165) is 30.9 Å². The van der Waals surface area contributed by atoms with Gasteiger partial charge in [0.1, 0.15) is 23.8 Å². The van der Waals surface area contributed by atoms with Crippen LogP contribution in [0, 0.1) is 11.3 Å². The molecular formula is C32H37F3N8O2. The second-order valence-electron chi connectivity index (χ2n) is 12.8. The number of hydrogen-bond acceptors (Lipinski definition) is 8. The molecule has 2 aliphatic heterocycles. The number of ether oxygens (including phenoxy) is 1. The van der Waals surface area contributed by atoms with Crippen molar-refractivity contribution in [2.24, 2.45) is 7.05 Å². The summed E-state index contributed by atoms with van der Waals surface area (Å²) in [6.07, 6.45) is 1.37. The van der Waals surface area contributed by atoms with Gasteiger partial charge < -0.3 is 19.9 Å². The first-order chi connectivity index (χ1) is 21.4. The van der Waals surface area contributed by atoms with Gasteiger partial charge in [-0.2, -0.15) is 18.4 Å². The van der Waals surface area contributed by atoms with Crippen LogP contribution in [0.2, 0.25) is 0 Å². The fourth-order valence-corrected chi connectivity index (χ4v) is 6.73. The van der Waals surface area contributed by atoms with E-state index in [0.29, 0.717) is 43.3 Å². The third-order valence-corrected chi connectivity index (χ3v) is 9.50. The van der Waals surface area contributed by atoms with E-state index in [2.05, 4.69) is 33.8 Å². The molecule has 1 amide bonds. The molecule has 0 unspecified atom stereocenters. The Kier molecular flexibility index (Phi) is 8.07. The van der Waals surface area contributed by atoms with E-state index in [4.69, 9.17) is 9.72 Å². The Morgan fingerprint density at radius 2 is 1.91 bits per heavy atom. The number of aromatic nitrogens is 4. The highest BCUT2D eigenvalue weighted by Crippen LogP contribution is 2.44. The number of alkyl halides is 3. The van der Waals surface area contributed by atoms with Crippen LogP contribution in [0.1, 0.15) is 90.8 Å². The van der Waals surface area contributed by atoms with Crippen molar-refractivity contribution >= 4 is 17.5 Å². The van der Waals surface area contributed by atoms with Gasteiger partial charge in [0.25, 0.3) is 5.91 Å². The summed E-state index contributed by atoms with van der Waals surface area (Å²) in [6.45, 7) is 4.82. The van der Waals surface area contributed by atoms with E-state index < -0.39 is 23.1 Å². The number of pyridine rings is 1. The Bertz CT molecular complexity index is 1640. The van der Waals surface area contributed by atoms with E-state index >= 15 is 0 Å². The third-order valence-electron chi connectivity index (χ3n) is 9.50. The lowest BCUT2D eigenvalue weighted by Gasteiger charge is -2.39. The molecule has 45 heavy (non-hydrogen) atoms. The molecule has 3 aliphatic rings. The highest BCUT2D eigenvalue weighted by molar-refractivity contribution is 6.10. The Hall–Kier alpha value is -4.02. The van der Waals surface area contributed by atoms with Crippen LogP contribution in [0.15, 0.2) is 30.6 Å². The highest BCUT2D eigenvalue weighted by Gasteiger charge is 2.44. The second-order valence-corrected chi connectivity index (χ2v) is 12.8. The van der Waals surface area contributed by atoms with Gasteiger partial charge in [-0.05, 0) is 86.9 Å². The number of nitrogens with zero attached hydrogens (tertiary/aromatic N) is 6. The lowest BCUT2D eigenvalue weighted by molar-refractivity contribution is -0.138. The number of amides is 1. The molecule has 1 saturated carbocycles. The van der Waals surface area contributed by atoms with Gasteiger partial charge >= 0.3 is 6.18 Å². The van der Waals surface area contributed by atoms with Crippen molar-refractivity contribution in [1.29, 1.82) is 5.26 Å². The van der Waals surface area contributed by atoms with Crippen molar-refractivity contribution in [3.05, 3.63) is 64.2 Å². The molecule has 13 heteroatoms. The smallest absolute Gasteiger partial charge is 0.381 e. The molecule has 3 aromatic rings. The van der Waals surface area contributed by atoms with Crippen LogP contribution in [-0.4, -0.2) is 50.5 Å². The largest absolute Gasteiger partial charge is 0.416 e. The number of nitriles is 1. The number of carbonyl (C=O) groups is 1. The summed E-state index contributed by atoms with van der Waals surface area (Å²) in [5, 5.41) is 24.4. The first kappa shape index (κ1) is 31.0. The van der Waals surface area contributed by atoms with Crippen LogP contribution in [0.5, 0.6) is 0 Å². The molecule has 0 spiro atoms. The van der Waals surface area contributed by atoms with Gasteiger partial charge in [-0.3, -0.25) is 9.69 Å². The monoisotopic (exact) mass is 622 g/mol. The predicted molar refractivity (Wildman–Crippen MR) is 160 cm³/mol. The number of benzene rings is 1. The minimum Gasteiger partial charge on any atom is -0.381 e. The molecule has 1 atom stereocenters. The summed E-state index contributed by atoms with van der Waals surface area (Å²) in [4.78, 5) is 20.0. The minimum atomic E-state index is -4.64. The van der Waals surface area contributed by atoms with Crippen LogP contribution < -0.4 is 15.5 Å². The molecule has 10 nitrogen and oxygen atoms in total. The van der Waals surface area contributed by atoms with E-state index in [-0.39, 0.29) is 48.0 Å². The van der Waals surface area contributed by atoms with Crippen LogP contribution in [0.3, 0.4) is 0 Å². The zero-order chi connectivity index (χ0) is 32.0. The zero-order valence-corrected chi connectivity index (χ0v) is 25.7. The Morgan fingerprint density at radius 3 is 2.53 bits per heavy atom. The molecule has 2 aromatic heterocycles. The Morgan fingerprint density at radius 1 is 1.16 bits per heavy atom. The zero-order valence-electron chi connectivity index (χ0n) is 25.7. The highest BCUT2D eigenvalue weighted by atomic mass is 19.4. The first-order valence-electron chi connectivity index (χ1n) is 15.3. The number of nitrogens with one attached hydrogen (secondary N) is 2. The molecule has 1 aromatic carbocycles. The molecule has 0 radical (unpaired) electrons.